The number of hydrogen-bond donors (Lipinski definition) is 2. The molecule has 0 aliphatic heterocycles. The lowest BCUT2D eigenvalue weighted by atomic mass is 10.1. The first kappa shape index (κ1) is 15.9. The number of rotatable bonds is 5. The van der Waals surface area contributed by atoms with Gasteiger partial charge in [0.15, 0.2) is 0 Å². The van der Waals surface area contributed by atoms with E-state index in [1.54, 1.807) is 12.1 Å². The van der Waals surface area contributed by atoms with E-state index in [4.69, 9.17) is 15.9 Å². The number of benzene rings is 1. The van der Waals surface area contributed by atoms with E-state index in [1.165, 1.54) is 24.3 Å². The van der Waals surface area contributed by atoms with Crippen LogP contribution >= 0.6 is 0 Å². The highest BCUT2D eigenvalue weighted by molar-refractivity contribution is 5.74. The third-order valence-electron chi connectivity index (χ3n) is 2.79. The molecule has 1 unspecified atom stereocenters. The molecule has 1 aromatic carbocycles. The summed E-state index contributed by atoms with van der Waals surface area (Å²) >= 11 is 0. The zero-order valence-corrected chi connectivity index (χ0v) is 11.3. The summed E-state index contributed by atoms with van der Waals surface area (Å²) in [5.41, 5.74) is 11.3. The van der Waals surface area contributed by atoms with Crippen molar-refractivity contribution >= 4 is 5.91 Å². The van der Waals surface area contributed by atoms with Gasteiger partial charge in [-0.05, 0) is 36.4 Å². The minimum Gasteiger partial charge on any atom is -0.459 e. The summed E-state index contributed by atoms with van der Waals surface area (Å²) in [7, 11) is 0. The number of ether oxygens (including phenoxy) is 1. The molecular weight excluding hydrogens is 301 g/mol. The van der Waals surface area contributed by atoms with Crippen molar-refractivity contribution in [1.29, 1.82) is 0 Å². The fourth-order valence-corrected chi connectivity index (χ4v) is 1.85. The van der Waals surface area contributed by atoms with Crippen LogP contribution in [0.5, 0.6) is 5.75 Å². The lowest BCUT2D eigenvalue weighted by Crippen LogP contribution is -2.20. The van der Waals surface area contributed by atoms with Crippen molar-refractivity contribution in [1.82, 2.24) is 0 Å². The van der Waals surface area contributed by atoms with Gasteiger partial charge in [-0.25, -0.2) is 0 Å². The van der Waals surface area contributed by atoms with Crippen molar-refractivity contribution in [3.8, 4) is 17.1 Å². The second-order valence-corrected chi connectivity index (χ2v) is 4.55. The molecule has 0 bridgehead atoms. The Bertz CT molecular complexity index is 650. The molecule has 1 aromatic heterocycles. The van der Waals surface area contributed by atoms with Gasteiger partial charge in [0.05, 0.1) is 6.04 Å². The minimum absolute atomic E-state index is 0.0642. The average molecular weight is 314 g/mol. The molecule has 1 heterocycles. The van der Waals surface area contributed by atoms with Gasteiger partial charge in [-0.15, -0.1) is 13.2 Å². The highest BCUT2D eigenvalue weighted by Gasteiger charge is 2.31. The number of carbonyl (C=O) groups is 1. The molecule has 22 heavy (non-hydrogen) atoms. The fourth-order valence-electron chi connectivity index (χ4n) is 1.85. The molecule has 118 valence electrons. The molecule has 8 heteroatoms. The molecule has 2 aromatic rings. The van der Waals surface area contributed by atoms with Crippen molar-refractivity contribution in [3.05, 3.63) is 42.2 Å². The van der Waals surface area contributed by atoms with E-state index in [1.807, 2.05) is 0 Å². The second kappa shape index (κ2) is 6.10. The molecule has 0 spiro atoms. The maximum atomic E-state index is 12.1. The number of nitrogens with two attached hydrogens (primary N) is 2. The molecule has 1 amide bonds. The van der Waals surface area contributed by atoms with Crippen LogP contribution in [0.4, 0.5) is 13.2 Å². The normalized spacial score (nSPS) is 12.9. The first-order valence-electron chi connectivity index (χ1n) is 6.24. The number of amides is 1. The van der Waals surface area contributed by atoms with Crippen LogP contribution in [0.2, 0.25) is 0 Å². The maximum absolute atomic E-state index is 12.1. The summed E-state index contributed by atoms with van der Waals surface area (Å²) in [5, 5.41) is 0. The van der Waals surface area contributed by atoms with Crippen LogP contribution in [-0.2, 0) is 4.79 Å². The fraction of sp³-hybridized carbons (Fsp3) is 0.214. The van der Waals surface area contributed by atoms with E-state index in [2.05, 4.69) is 4.74 Å². The van der Waals surface area contributed by atoms with E-state index in [-0.39, 0.29) is 12.2 Å². The zero-order chi connectivity index (χ0) is 16.3. The molecule has 0 aliphatic rings. The third kappa shape index (κ3) is 4.26. The van der Waals surface area contributed by atoms with Crippen molar-refractivity contribution in [2.24, 2.45) is 11.5 Å². The van der Waals surface area contributed by atoms with Gasteiger partial charge in [-0.1, -0.05) is 0 Å². The van der Waals surface area contributed by atoms with Crippen LogP contribution in [0.15, 0.2) is 40.8 Å². The zero-order valence-electron chi connectivity index (χ0n) is 11.3. The Morgan fingerprint density at radius 2 is 1.82 bits per heavy atom. The first-order chi connectivity index (χ1) is 10.2. The van der Waals surface area contributed by atoms with Crippen molar-refractivity contribution in [2.75, 3.05) is 0 Å². The monoisotopic (exact) mass is 314 g/mol. The van der Waals surface area contributed by atoms with Gasteiger partial charge in [-0.3, -0.25) is 4.79 Å². The van der Waals surface area contributed by atoms with Crippen molar-refractivity contribution in [2.45, 2.75) is 18.8 Å². The second-order valence-electron chi connectivity index (χ2n) is 4.55. The lowest BCUT2D eigenvalue weighted by molar-refractivity contribution is -0.274. The molecule has 5 nitrogen and oxygen atoms in total. The number of primary amides is 1. The van der Waals surface area contributed by atoms with Crippen LogP contribution in [-0.4, -0.2) is 12.3 Å². The van der Waals surface area contributed by atoms with Gasteiger partial charge in [0.1, 0.15) is 17.3 Å². The Morgan fingerprint density at radius 1 is 1.18 bits per heavy atom. The van der Waals surface area contributed by atoms with Gasteiger partial charge < -0.3 is 20.6 Å². The van der Waals surface area contributed by atoms with E-state index >= 15 is 0 Å². The lowest BCUT2D eigenvalue weighted by Gasteiger charge is -2.09. The standard InChI is InChI=1S/C14H13F3N2O3/c15-14(16,17)22-9-3-1-8(2-4-9)11-5-6-12(21-11)10(18)7-13(19)20/h1-6,10H,7,18H2,(H2,19,20). The van der Waals surface area contributed by atoms with Crippen LogP contribution in [0.3, 0.4) is 0 Å². The van der Waals surface area contributed by atoms with Crippen LogP contribution < -0.4 is 16.2 Å². The molecule has 0 aliphatic carbocycles. The highest BCUT2D eigenvalue weighted by Crippen LogP contribution is 2.29. The summed E-state index contributed by atoms with van der Waals surface area (Å²) in [6.07, 6.45) is -4.80. The Hall–Kier alpha value is -2.48. The summed E-state index contributed by atoms with van der Waals surface area (Å²) < 4.78 is 45.5. The Kier molecular flexibility index (Phi) is 4.41. The third-order valence-corrected chi connectivity index (χ3v) is 2.79. The molecule has 1 atom stereocenters. The first-order valence-corrected chi connectivity index (χ1v) is 6.24. The molecule has 0 saturated heterocycles. The van der Waals surface area contributed by atoms with Gasteiger partial charge in [0, 0.05) is 12.0 Å². The largest absolute Gasteiger partial charge is 0.573 e. The Morgan fingerprint density at radius 3 is 2.36 bits per heavy atom. The Balaban J connectivity index is 2.12. The Labute approximate surface area is 123 Å². The van der Waals surface area contributed by atoms with Crippen LogP contribution in [0.25, 0.3) is 11.3 Å². The van der Waals surface area contributed by atoms with Crippen LogP contribution in [0, 0.1) is 0 Å². The number of hydrogen-bond acceptors (Lipinski definition) is 4. The summed E-state index contributed by atoms with van der Waals surface area (Å²) in [5.74, 6) is -0.106. The van der Waals surface area contributed by atoms with Gasteiger partial charge in [0.2, 0.25) is 5.91 Å². The van der Waals surface area contributed by atoms with Crippen LogP contribution in [0.1, 0.15) is 18.2 Å². The maximum Gasteiger partial charge on any atom is 0.573 e. The molecule has 0 radical (unpaired) electrons. The topological polar surface area (TPSA) is 91.5 Å². The van der Waals surface area contributed by atoms with Gasteiger partial charge in [-0.2, -0.15) is 0 Å². The van der Waals surface area contributed by atoms with E-state index < -0.39 is 18.3 Å². The predicted molar refractivity (Wildman–Crippen MR) is 71.6 cm³/mol. The van der Waals surface area contributed by atoms with E-state index in [0.29, 0.717) is 17.1 Å². The summed E-state index contributed by atoms with van der Waals surface area (Å²) in [6, 6.07) is 7.72. The molecular formula is C14H13F3N2O3. The number of alkyl halides is 3. The minimum atomic E-state index is -4.74. The van der Waals surface area contributed by atoms with Crippen molar-refractivity contribution < 1.29 is 27.1 Å². The molecule has 2 rings (SSSR count). The highest BCUT2D eigenvalue weighted by atomic mass is 19.4. The summed E-state index contributed by atoms with van der Waals surface area (Å²) in [4.78, 5) is 10.8. The number of furan rings is 1. The SMILES string of the molecule is NC(=O)CC(N)c1ccc(-c2ccc(OC(F)(F)F)cc2)o1. The van der Waals surface area contributed by atoms with Crippen molar-refractivity contribution in [3.63, 3.8) is 0 Å². The van der Waals surface area contributed by atoms with Gasteiger partial charge in [0.25, 0.3) is 0 Å². The number of halogens is 3. The van der Waals surface area contributed by atoms with Gasteiger partial charge >= 0.3 is 6.36 Å². The molecule has 4 N–H and O–H groups in total. The molecule has 0 saturated carbocycles. The van der Waals surface area contributed by atoms with E-state index in [0.717, 1.165) is 0 Å². The smallest absolute Gasteiger partial charge is 0.459 e. The number of carbonyl (C=O) groups excluding carboxylic acids is 1. The predicted octanol–water partition coefficient (Wildman–Crippen LogP) is 2.72. The summed E-state index contributed by atoms with van der Waals surface area (Å²) in [6.45, 7) is 0. The van der Waals surface area contributed by atoms with E-state index in [9.17, 15) is 18.0 Å². The molecule has 0 fully saturated rings. The average Bonchev–Trinajstić information content (AvgIpc) is 2.86. The quantitative estimate of drug-likeness (QED) is 0.887.